The minimum Gasteiger partial charge on any atom is -0.371 e. The van der Waals surface area contributed by atoms with Gasteiger partial charge in [0.2, 0.25) is 5.91 Å². The van der Waals surface area contributed by atoms with Crippen LogP contribution in [0, 0.1) is 11.8 Å². The first kappa shape index (κ1) is 22.8. The van der Waals surface area contributed by atoms with Crippen LogP contribution in [0.2, 0.25) is 0 Å². The lowest BCUT2D eigenvalue weighted by atomic mass is 9.94. The van der Waals surface area contributed by atoms with Gasteiger partial charge in [0.25, 0.3) is 11.8 Å². The van der Waals surface area contributed by atoms with Crippen molar-refractivity contribution in [1.82, 2.24) is 10.2 Å². The van der Waals surface area contributed by atoms with Crippen molar-refractivity contribution in [2.24, 2.45) is 11.8 Å². The monoisotopic (exact) mass is 439 g/mol. The first-order valence-corrected chi connectivity index (χ1v) is 12.5. The maximum atomic E-state index is 13.5. The van der Waals surface area contributed by atoms with Crippen molar-refractivity contribution in [3.63, 3.8) is 0 Å². The number of anilines is 1. The van der Waals surface area contributed by atoms with Crippen molar-refractivity contribution in [3.8, 4) is 0 Å². The molecule has 1 aromatic carbocycles. The third kappa shape index (κ3) is 4.69. The van der Waals surface area contributed by atoms with Gasteiger partial charge in [-0.2, -0.15) is 0 Å². The van der Waals surface area contributed by atoms with E-state index in [4.69, 9.17) is 0 Å². The molecule has 4 rings (SSSR count). The number of hydrogen-bond acceptors (Lipinski definition) is 4. The van der Waals surface area contributed by atoms with Crippen LogP contribution in [0.4, 0.5) is 5.69 Å². The molecule has 1 saturated heterocycles. The quantitative estimate of drug-likeness (QED) is 0.691. The van der Waals surface area contributed by atoms with Crippen molar-refractivity contribution in [3.05, 3.63) is 29.3 Å². The van der Waals surface area contributed by atoms with Gasteiger partial charge in [0.1, 0.15) is 0 Å². The molecule has 1 saturated carbocycles. The minimum absolute atomic E-state index is 0.0190. The van der Waals surface area contributed by atoms with Gasteiger partial charge in [-0.15, -0.1) is 0 Å². The minimum atomic E-state index is -0.125. The molecule has 0 spiro atoms. The van der Waals surface area contributed by atoms with E-state index in [1.807, 2.05) is 12.1 Å². The highest BCUT2D eigenvalue weighted by atomic mass is 16.2. The molecule has 0 unspecified atom stereocenters. The third-order valence-electron chi connectivity index (χ3n) is 7.26. The Kier molecular flexibility index (Phi) is 7.17. The number of rotatable bonds is 5. The number of piperidine rings is 1. The van der Waals surface area contributed by atoms with E-state index in [1.165, 1.54) is 19.3 Å². The molecule has 3 aliphatic rings. The Hall–Kier alpha value is -2.37. The predicted molar refractivity (Wildman–Crippen MR) is 126 cm³/mol. The van der Waals surface area contributed by atoms with Gasteiger partial charge in [-0.1, -0.05) is 52.0 Å². The Labute approximate surface area is 191 Å². The highest BCUT2D eigenvalue weighted by Crippen LogP contribution is 2.36. The number of amides is 3. The molecule has 0 aromatic heterocycles. The number of nitrogens with zero attached hydrogens (tertiary/aromatic N) is 2. The molecule has 1 N–H and O–H groups in total. The maximum Gasteiger partial charge on any atom is 0.263 e. The molecule has 32 heavy (non-hydrogen) atoms. The van der Waals surface area contributed by atoms with Crippen molar-refractivity contribution < 1.29 is 14.4 Å². The average Bonchev–Trinajstić information content (AvgIpc) is 3.03. The standard InChI is InChI=1S/C26H37N3O3/c1-18(2)17-27-24(30)19-13-15-28(16-14-19)22-12-8-11-21-23(22)26(32)29(25(21)31)20-9-6-4-3-5-7-10-20/h8,11-12,18-20H,3-7,9-10,13-17H2,1-2H3,(H,27,30). The van der Waals surface area contributed by atoms with Gasteiger partial charge in [0.15, 0.2) is 0 Å². The lowest BCUT2D eigenvalue weighted by Crippen LogP contribution is -2.42. The molecule has 3 amide bonds. The summed E-state index contributed by atoms with van der Waals surface area (Å²) >= 11 is 0. The number of fused-ring (bicyclic) bond motifs is 1. The molecule has 1 aliphatic carbocycles. The second kappa shape index (κ2) is 10.1. The van der Waals surface area contributed by atoms with E-state index in [-0.39, 0.29) is 29.7 Å². The zero-order valence-corrected chi connectivity index (χ0v) is 19.6. The van der Waals surface area contributed by atoms with E-state index in [9.17, 15) is 14.4 Å². The van der Waals surface area contributed by atoms with Gasteiger partial charge in [-0.3, -0.25) is 19.3 Å². The zero-order chi connectivity index (χ0) is 22.7. The molecule has 174 valence electrons. The first-order valence-electron chi connectivity index (χ1n) is 12.5. The summed E-state index contributed by atoms with van der Waals surface area (Å²) in [4.78, 5) is 43.0. The zero-order valence-electron chi connectivity index (χ0n) is 19.6. The second-order valence-electron chi connectivity index (χ2n) is 10.1. The topological polar surface area (TPSA) is 69.7 Å². The molecule has 2 fully saturated rings. The molecule has 0 bridgehead atoms. The Bertz CT molecular complexity index is 850. The second-order valence-corrected chi connectivity index (χ2v) is 10.1. The third-order valence-corrected chi connectivity index (χ3v) is 7.26. The van der Waals surface area contributed by atoms with Crippen molar-refractivity contribution in [2.45, 2.75) is 77.7 Å². The lowest BCUT2D eigenvalue weighted by molar-refractivity contribution is -0.125. The maximum absolute atomic E-state index is 13.5. The molecule has 0 radical (unpaired) electrons. The number of hydrogen-bond donors (Lipinski definition) is 1. The predicted octanol–water partition coefficient (Wildman–Crippen LogP) is 4.38. The number of nitrogens with one attached hydrogen (secondary N) is 1. The normalized spacial score (nSPS) is 21.0. The SMILES string of the molecule is CC(C)CNC(=O)C1CCN(c2cccc3c2C(=O)N(C2CCCCCCC2)C3=O)CC1. The first-order chi connectivity index (χ1) is 15.5. The Morgan fingerprint density at radius 3 is 2.28 bits per heavy atom. The smallest absolute Gasteiger partial charge is 0.263 e. The molecule has 6 nitrogen and oxygen atoms in total. The fourth-order valence-corrected chi connectivity index (χ4v) is 5.41. The molecule has 0 atom stereocenters. The fraction of sp³-hybridized carbons (Fsp3) is 0.654. The summed E-state index contributed by atoms with van der Waals surface area (Å²) in [6.45, 7) is 6.34. The van der Waals surface area contributed by atoms with E-state index < -0.39 is 0 Å². The van der Waals surface area contributed by atoms with Gasteiger partial charge >= 0.3 is 0 Å². The average molecular weight is 440 g/mol. The lowest BCUT2D eigenvalue weighted by Gasteiger charge is -2.34. The number of carbonyl (C=O) groups excluding carboxylic acids is 3. The van der Waals surface area contributed by atoms with Gasteiger partial charge in [0.05, 0.1) is 16.8 Å². The van der Waals surface area contributed by atoms with Gasteiger partial charge in [-0.05, 0) is 43.7 Å². The van der Waals surface area contributed by atoms with Crippen LogP contribution in [-0.4, -0.2) is 48.3 Å². The van der Waals surface area contributed by atoms with Crippen LogP contribution in [0.25, 0.3) is 0 Å². The van der Waals surface area contributed by atoms with E-state index in [0.29, 0.717) is 23.6 Å². The van der Waals surface area contributed by atoms with Crippen molar-refractivity contribution in [2.75, 3.05) is 24.5 Å². The summed E-state index contributed by atoms with van der Waals surface area (Å²) in [6, 6.07) is 5.67. The number of imide groups is 1. The molecular weight excluding hydrogens is 402 g/mol. The summed E-state index contributed by atoms with van der Waals surface area (Å²) in [6.07, 6.45) is 9.15. The van der Waals surface area contributed by atoms with Crippen LogP contribution < -0.4 is 10.2 Å². The van der Waals surface area contributed by atoms with E-state index in [1.54, 1.807) is 11.0 Å². The molecule has 2 heterocycles. The van der Waals surface area contributed by atoms with Gasteiger partial charge in [-0.25, -0.2) is 0 Å². The van der Waals surface area contributed by atoms with E-state index >= 15 is 0 Å². The summed E-state index contributed by atoms with van der Waals surface area (Å²) in [5.74, 6) is 0.350. The van der Waals surface area contributed by atoms with Crippen LogP contribution in [0.3, 0.4) is 0 Å². The van der Waals surface area contributed by atoms with Crippen molar-refractivity contribution >= 4 is 23.4 Å². The number of benzene rings is 1. The highest BCUT2D eigenvalue weighted by Gasteiger charge is 2.42. The summed E-state index contributed by atoms with van der Waals surface area (Å²) < 4.78 is 0. The van der Waals surface area contributed by atoms with Gasteiger partial charge in [0, 0.05) is 31.6 Å². The Morgan fingerprint density at radius 1 is 0.969 bits per heavy atom. The van der Waals surface area contributed by atoms with Crippen molar-refractivity contribution in [1.29, 1.82) is 0 Å². The largest absolute Gasteiger partial charge is 0.371 e. The van der Waals surface area contributed by atoms with Crippen LogP contribution in [0.15, 0.2) is 18.2 Å². The van der Waals surface area contributed by atoms with Crippen LogP contribution in [0.5, 0.6) is 0 Å². The van der Waals surface area contributed by atoms with Crippen LogP contribution in [-0.2, 0) is 4.79 Å². The van der Waals surface area contributed by atoms with Crippen LogP contribution >= 0.6 is 0 Å². The fourth-order valence-electron chi connectivity index (χ4n) is 5.41. The van der Waals surface area contributed by atoms with Crippen LogP contribution in [0.1, 0.15) is 92.4 Å². The van der Waals surface area contributed by atoms with E-state index in [2.05, 4.69) is 24.1 Å². The number of carbonyl (C=O) groups is 3. The molecule has 2 aliphatic heterocycles. The molecule has 1 aromatic rings. The molecule has 6 heteroatoms. The Morgan fingerprint density at radius 2 is 1.62 bits per heavy atom. The van der Waals surface area contributed by atoms with E-state index in [0.717, 1.165) is 57.3 Å². The Balaban J connectivity index is 1.47. The summed E-state index contributed by atoms with van der Waals surface area (Å²) in [7, 11) is 0. The highest BCUT2D eigenvalue weighted by molar-refractivity contribution is 6.24. The summed E-state index contributed by atoms with van der Waals surface area (Å²) in [5.41, 5.74) is 1.98. The summed E-state index contributed by atoms with van der Waals surface area (Å²) in [5, 5.41) is 3.05. The molecular formula is C26H37N3O3. The van der Waals surface area contributed by atoms with Gasteiger partial charge < -0.3 is 10.2 Å².